The van der Waals surface area contributed by atoms with Crippen LogP contribution in [-0.4, -0.2) is 18.3 Å². The monoisotopic (exact) mass is 197 g/mol. The Kier molecular flexibility index (Phi) is 3.44. The molecule has 0 aliphatic rings. The van der Waals surface area contributed by atoms with Gasteiger partial charge in [-0.25, -0.2) is 9.37 Å². The zero-order chi connectivity index (χ0) is 10.6. The predicted octanol–water partition coefficient (Wildman–Crippen LogP) is 2.73. The van der Waals surface area contributed by atoms with Gasteiger partial charge in [-0.15, -0.1) is 0 Å². The van der Waals surface area contributed by atoms with Crippen LogP contribution in [0.3, 0.4) is 0 Å². The van der Waals surface area contributed by atoms with Gasteiger partial charge in [0.05, 0.1) is 0 Å². The van der Waals surface area contributed by atoms with Crippen LogP contribution in [0.1, 0.15) is 26.3 Å². The molecule has 0 saturated heterocycles. The van der Waals surface area contributed by atoms with Gasteiger partial charge in [-0.05, 0) is 11.0 Å². The van der Waals surface area contributed by atoms with Crippen LogP contribution in [0.25, 0.3) is 0 Å². The molecule has 0 N–H and O–H groups in total. The van der Waals surface area contributed by atoms with Crippen LogP contribution in [0.5, 0.6) is 5.88 Å². The minimum atomic E-state index is -0.483. The van der Waals surface area contributed by atoms with Crippen LogP contribution in [0.15, 0.2) is 18.3 Å². The molecular weight excluding hydrogens is 181 g/mol. The van der Waals surface area contributed by atoms with Gasteiger partial charge in [0.1, 0.15) is 13.3 Å². The number of hydrogen-bond donors (Lipinski definition) is 0. The largest absolute Gasteiger partial charge is 0.475 e. The van der Waals surface area contributed by atoms with E-state index in [1.54, 1.807) is 12.3 Å². The maximum atomic E-state index is 11.8. The molecule has 14 heavy (non-hydrogen) atoms. The highest BCUT2D eigenvalue weighted by atomic mass is 19.1. The third-order valence-electron chi connectivity index (χ3n) is 1.93. The highest BCUT2D eigenvalue weighted by Gasteiger charge is 2.13. The Labute approximate surface area is 84.1 Å². The highest BCUT2D eigenvalue weighted by Crippen LogP contribution is 2.22. The first-order valence-electron chi connectivity index (χ1n) is 4.69. The number of halogens is 1. The molecule has 1 heterocycles. The minimum Gasteiger partial charge on any atom is -0.475 e. The Bertz CT molecular complexity index is 276. The van der Waals surface area contributed by atoms with Gasteiger partial charge in [0.2, 0.25) is 5.88 Å². The van der Waals surface area contributed by atoms with Gasteiger partial charge in [-0.3, -0.25) is 0 Å². The SMILES string of the molecule is CC(C)(C)c1ccc(OCCF)nc1. The van der Waals surface area contributed by atoms with E-state index in [1.165, 1.54) is 0 Å². The molecule has 0 saturated carbocycles. The van der Waals surface area contributed by atoms with E-state index in [-0.39, 0.29) is 12.0 Å². The molecule has 1 rings (SSSR count). The number of alkyl halides is 1. The van der Waals surface area contributed by atoms with Crippen molar-refractivity contribution in [3.63, 3.8) is 0 Å². The molecular formula is C11H16FNO. The molecule has 0 aliphatic carbocycles. The van der Waals surface area contributed by atoms with Crippen molar-refractivity contribution in [2.75, 3.05) is 13.3 Å². The molecule has 3 heteroatoms. The first kappa shape index (κ1) is 11.0. The number of pyridine rings is 1. The van der Waals surface area contributed by atoms with E-state index >= 15 is 0 Å². The fourth-order valence-corrected chi connectivity index (χ4v) is 1.05. The molecule has 2 nitrogen and oxygen atoms in total. The molecule has 0 spiro atoms. The number of aromatic nitrogens is 1. The summed E-state index contributed by atoms with van der Waals surface area (Å²) in [6.45, 7) is 5.94. The molecule has 0 aliphatic heterocycles. The van der Waals surface area contributed by atoms with E-state index in [1.807, 2.05) is 6.07 Å². The second-order valence-electron chi connectivity index (χ2n) is 4.17. The topological polar surface area (TPSA) is 22.1 Å². The third kappa shape index (κ3) is 2.98. The molecule has 1 aromatic rings. The summed E-state index contributed by atoms with van der Waals surface area (Å²) in [6, 6.07) is 3.73. The van der Waals surface area contributed by atoms with Crippen LogP contribution < -0.4 is 4.74 Å². The molecule has 0 unspecified atom stereocenters. The van der Waals surface area contributed by atoms with Gasteiger partial charge in [0.15, 0.2) is 0 Å². The maximum Gasteiger partial charge on any atom is 0.213 e. The smallest absolute Gasteiger partial charge is 0.213 e. The Morgan fingerprint density at radius 3 is 2.50 bits per heavy atom. The third-order valence-corrected chi connectivity index (χ3v) is 1.93. The van der Waals surface area contributed by atoms with E-state index in [4.69, 9.17) is 4.74 Å². The summed E-state index contributed by atoms with van der Waals surface area (Å²) in [5, 5.41) is 0. The van der Waals surface area contributed by atoms with Gasteiger partial charge < -0.3 is 4.74 Å². The van der Waals surface area contributed by atoms with E-state index in [9.17, 15) is 4.39 Å². The fourth-order valence-electron chi connectivity index (χ4n) is 1.05. The highest BCUT2D eigenvalue weighted by molar-refractivity contribution is 5.23. The van der Waals surface area contributed by atoms with Crippen molar-refractivity contribution < 1.29 is 9.13 Å². The summed E-state index contributed by atoms with van der Waals surface area (Å²) in [5.74, 6) is 0.482. The number of rotatable bonds is 3. The van der Waals surface area contributed by atoms with E-state index < -0.39 is 6.67 Å². The summed E-state index contributed by atoms with van der Waals surface area (Å²) in [4.78, 5) is 4.09. The fraction of sp³-hybridized carbons (Fsp3) is 0.545. The molecule has 0 bridgehead atoms. The summed E-state index contributed by atoms with van der Waals surface area (Å²) >= 11 is 0. The summed E-state index contributed by atoms with van der Waals surface area (Å²) in [6.07, 6.45) is 1.77. The first-order valence-corrected chi connectivity index (χ1v) is 4.69. The molecule has 1 aromatic heterocycles. The van der Waals surface area contributed by atoms with Gasteiger partial charge in [0.25, 0.3) is 0 Å². The van der Waals surface area contributed by atoms with Crippen molar-refractivity contribution in [1.29, 1.82) is 0 Å². The Morgan fingerprint density at radius 2 is 2.07 bits per heavy atom. The van der Waals surface area contributed by atoms with Crippen LogP contribution >= 0.6 is 0 Å². The second-order valence-corrected chi connectivity index (χ2v) is 4.17. The predicted molar refractivity (Wildman–Crippen MR) is 54.4 cm³/mol. The second kappa shape index (κ2) is 4.40. The molecule has 0 fully saturated rings. The van der Waals surface area contributed by atoms with Gasteiger partial charge >= 0.3 is 0 Å². The minimum absolute atomic E-state index is 0.0713. The summed E-state index contributed by atoms with van der Waals surface area (Å²) < 4.78 is 16.8. The lowest BCUT2D eigenvalue weighted by Gasteiger charge is -2.18. The lowest BCUT2D eigenvalue weighted by atomic mass is 9.88. The number of hydrogen-bond acceptors (Lipinski definition) is 2. The van der Waals surface area contributed by atoms with Crippen LogP contribution in [0, 0.1) is 0 Å². The van der Waals surface area contributed by atoms with Crippen LogP contribution in [-0.2, 0) is 5.41 Å². The average Bonchev–Trinajstić information content (AvgIpc) is 2.14. The van der Waals surface area contributed by atoms with Crippen molar-refractivity contribution >= 4 is 0 Å². The number of nitrogens with zero attached hydrogens (tertiary/aromatic N) is 1. The molecule has 0 atom stereocenters. The Balaban J connectivity index is 2.69. The standard InChI is InChI=1S/C11H16FNO/c1-11(2,3)9-4-5-10(13-8-9)14-7-6-12/h4-5,8H,6-7H2,1-3H3. The van der Waals surface area contributed by atoms with Crippen molar-refractivity contribution in [1.82, 2.24) is 4.98 Å². The van der Waals surface area contributed by atoms with E-state index in [0.717, 1.165) is 5.56 Å². The quantitative estimate of drug-likeness (QED) is 0.743. The maximum absolute atomic E-state index is 11.8. The first-order chi connectivity index (χ1) is 6.54. The lowest BCUT2D eigenvalue weighted by Crippen LogP contribution is -2.11. The zero-order valence-electron chi connectivity index (χ0n) is 8.88. The van der Waals surface area contributed by atoms with Gasteiger partial charge in [-0.1, -0.05) is 26.8 Å². The van der Waals surface area contributed by atoms with Gasteiger partial charge in [-0.2, -0.15) is 0 Å². The van der Waals surface area contributed by atoms with Crippen LogP contribution in [0.2, 0.25) is 0 Å². The normalized spacial score (nSPS) is 11.4. The molecule has 0 aromatic carbocycles. The van der Waals surface area contributed by atoms with Crippen LogP contribution in [0.4, 0.5) is 4.39 Å². The van der Waals surface area contributed by atoms with E-state index in [2.05, 4.69) is 25.8 Å². The Morgan fingerprint density at radius 1 is 1.36 bits per heavy atom. The lowest BCUT2D eigenvalue weighted by molar-refractivity contribution is 0.264. The van der Waals surface area contributed by atoms with Crippen molar-refractivity contribution in [2.45, 2.75) is 26.2 Å². The Hall–Kier alpha value is -1.12. The average molecular weight is 197 g/mol. The van der Waals surface area contributed by atoms with Gasteiger partial charge in [0, 0.05) is 12.3 Å². The number of ether oxygens (including phenoxy) is 1. The van der Waals surface area contributed by atoms with E-state index in [0.29, 0.717) is 5.88 Å². The molecule has 0 amide bonds. The summed E-state index contributed by atoms with van der Waals surface area (Å²) in [5.41, 5.74) is 1.23. The zero-order valence-corrected chi connectivity index (χ0v) is 8.88. The summed E-state index contributed by atoms with van der Waals surface area (Å²) in [7, 11) is 0. The van der Waals surface area contributed by atoms with Crippen molar-refractivity contribution in [3.05, 3.63) is 23.9 Å². The molecule has 78 valence electrons. The van der Waals surface area contributed by atoms with Crippen molar-refractivity contribution in [3.8, 4) is 5.88 Å². The van der Waals surface area contributed by atoms with Crippen molar-refractivity contribution in [2.24, 2.45) is 0 Å². The molecule has 0 radical (unpaired) electrons.